The van der Waals surface area contributed by atoms with Crippen LogP contribution in [0.1, 0.15) is 6.42 Å². The molecule has 0 unspecified atom stereocenters. The molecule has 24 heavy (non-hydrogen) atoms. The van der Waals surface area contributed by atoms with Crippen molar-refractivity contribution < 1.29 is 9.32 Å². The van der Waals surface area contributed by atoms with E-state index in [1.165, 1.54) is 0 Å². The number of carbonyl (C=O) groups excluding carboxylic acids is 1. The van der Waals surface area contributed by atoms with Crippen molar-refractivity contribution in [3.05, 3.63) is 47.5 Å². The Morgan fingerprint density at radius 1 is 1.50 bits per heavy atom. The molecule has 0 radical (unpaired) electrons. The minimum atomic E-state index is -0.325. The van der Waals surface area contributed by atoms with Crippen LogP contribution < -0.4 is 5.32 Å². The van der Waals surface area contributed by atoms with Gasteiger partial charge in [0.15, 0.2) is 6.19 Å². The number of rotatable bonds is 4. The molecule has 1 aliphatic heterocycles. The maximum atomic E-state index is 12.3. The molecule has 3 rings (SSSR count). The third kappa shape index (κ3) is 3.42. The van der Waals surface area contributed by atoms with Gasteiger partial charge in [-0.15, -0.1) is 0 Å². The lowest BCUT2D eigenvalue weighted by molar-refractivity contribution is -0.113. The van der Waals surface area contributed by atoms with Crippen LogP contribution in [0, 0.1) is 17.4 Å². The van der Waals surface area contributed by atoms with Gasteiger partial charge < -0.3 is 9.42 Å². The fourth-order valence-corrected chi connectivity index (χ4v) is 2.82. The third-order valence-electron chi connectivity index (χ3n) is 3.98. The number of aromatic nitrogens is 1. The SMILES string of the molecule is C=C(C(=O)Nc1cc(-c2cccc(Cl)c2)no1)[C@H]1CCN(C#N)C1. The first-order chi connectivity index (χ1) is 11.6. The maximum Gasteiger partial charge on any atom is 0.253 e. The number of likely N-dealkylation sites (tertiary alicyclic amines) is 1. The molecule has 122 valence electrons. The molecule has 1 fully saturated rings. The van der Waals surface area contributed by atoms with Crippen LogP contribution in [0.15, 0.2) is 47.0 Å². The first-order valence-corrected chi connectivity index (χ1v) is 7.82. The van der Waals surface area contributed by atoms with Crippen molar-refractivity contribution in [2.75, 3.05) is 18.4 Å². The number of nitrogens with zero attached hydrogens (tertiary/aromatic N) is 3. The predicted octanol–water partition coefficient (Wildman–Crippen LogP) is 3.29. The van der Waals surface area contributed by atoms with E-state index in [0.717, 1.165) is 12.0 Å². The molecule has 7 heteroatoms. The van der Waals surface area contributed by atoms with Crippen LogP contribution in [0.25, 0.3) is 11.3 Å². The van der Waals surface area contributed by atoms with Gasteiger partial charge in [0, 0.05) is 41.2 Å². The average Bonchev–Trinajstić information content (AvgIpc) is 3.23. The Hall–Kier alpha value is -2.78. The van der Waals surface area contributed by atoms with Crippen molar-refractivity contribution in [2.24, 2.45) is 5.92 Å². The zero-order chi connectivity index (χ0) is 17.1. The minimum absolute atomic E-state index is 0.0278. The number of anilines is 1. The van der Waals surface area contributed by atoms with Crippen molar-refractivity contribution in [1.29, 1.82) is 5.26 Å². The third-order valence-corrected chi connectivity index (χ3v) is 4.22. The predicted molar refractivity (Wildman–Crippen MR) is 90.0 cm³/mol. The lowest BCUT2D eigenvalue weighted by Gasteiger charge is -2.11. The number of carbonyl (C=O) groups is 1. The second-order valence-electron chi connectivity index (χ2n) is 5.60. The number of hydrogen-bond acceptors (Lipinski definition) is 5. The quantitative estimate of drug-likeness (QED) is 0.681. The molecule has 2 aromatic rings. The lowest BCUT2D eigenvalue weighted by Crippen LogP contribution is -2.21. The van der Waals surface area contributed by atoms with E-state index in [4.69, 9.17) is 21.4 Å². The number of nitriles is 1. The van der Waals surface area contributed by atoms with E-state index in [1.54, 1.807) is 23.1 Å². The van der Waals surface area contributed by atoms with Gasteiger partial charge in [-0.1, -0.05) is 35.5 Å². The topological polar surface area (TPSA) is 82.2 Å². The molecule has 1 aromatic carbocycles. The van der Waals surface area contributed by atoms with Gasteiger partial charge in [0.2, 0.25) is 5.88 Å². The highest BCUT2D eigenvalue weighted by Crippen LogP contribution is 2.26. The van der Waals surface area contributed by atoms with Crippen molar-refractivity contribution in [3.8, 4) is 17.5 Å². The van der Waals surface area contributed by atoms with E-state index < -0.39 is 0 Å². The van der Waals surface area contributed by atoms with Crippen LogP contribution in [-0.2, 0) is 4.79 Å². The van der Waals surface area contributed by atoms with E-state index in [9.17, 15) is 4.79 Å². The summed E-state index contributed by atoms with van der Waals surface area (Å²) in [4.78, 5) is 13.9. The molecular formula is C17H15ClN4O2. The Labute approximate surface area is 144 Å². The highest BCUT2D eigenvalue weighted by Gasteiger charge is 2.27. The summed E-state index contributed by atoms with van der Waals surface area (Å²) in [5, 5.41) is 16.1. The molecule has 2 heterocycles. The Morgan fingerprint density at radius 3 is 3.04 bits per heavy atom. The van der Waals surface area contributed by atoms with Crippen molar-refractivity contribution in [2.45, 2.75) is 6.42 Å². The number of nitrogens with one attached hydrogen (secondary N) is 1. The van der Waals surface area contributed by atoms with Crippen molar-refractivity contribution >= 4 is 23.4 Å². The minimum Gasteiger partial charge on any atom is -0.338 e. The Kier molecular flexibility index (Phi) is 4.54. The van der Waals surface area contributed by atoms with Crippen LogP contribution in [-0.4, -0.2) is 29.1 Å². The zero-order valence-electron chi connectivity index (χ0n) is 12.8. The fourth-order valence-electron chi connectivity index (χ4n) is 2.63. The smallest absolute Gasteiger partial charge is 0.253 e. The number of hydrogen-bond donors (Lipinski definition) is 1. The summed E-state index contributed by atoms with van der Waals surface area (Å²) in [6, 6.07) is 8.83. The molecule has 1 amide bonds. The molecule has 0 spiro atoms. The summed E-state index contributed by atoms with van der Waals surface area (Å²) in [7, 11) is 0. The summed E-state index contributed by atoms with van der Waals surface area (Å²) >= 11 is 5.96. The van der Waals surface area contributed by atoms with Crippen molar-refractivity contribution in [3.63, 3.8) is 0 Å². The average molecular weight is 343 g/mol. The Morgan fingerprint density at radius 2 is 2.33 bits per heavy atom. The molecule has 1 N–H and O–H groups in total. The lowest BCUT2D eigenvalue weighted by atomic mass is 9.99. The molecule has 1 aliphatic rings. The standard InChI is InChI=1S/C17H15ClN4O2/c1-11(13-5-6-22(9-13)10-19)17(23)20-16-8-15(21-24-16)12-3-2-4-14(18)7-12/h2-4,7-8,13H,1,5-6,9H2,(H,20,23)/t13-/m0/s1. The zero-order valence-corrected chi connectivity index (χ0v) is 13.6. The van der Waals surface area contributed by atoms with E-state index in [-0.39, 0.29) is 17.7 Å². The van der Waals surface area contributed by atoms with E-state index in [0.29, 0.717) is 29.4 Å². The van der Waals surface area contributed by atoms with Gasteiger partial charge in [-0.2, -0.15) is 5.26 Å². The van der Waals surface area contributed by atoms with Gasteiger partial charge >= 0.3 is 0 Å². The molecule has 0 saturated carbocycles. The molecule has 0 aliphatic carbocycles. The molecule has 1 saturated heterocycles. The fraction of sp³-hybridized carbons (Fsp3) is 0.235. The molecule has 1 atom stereocenters. The highest BCUT2D eigenvalue weighted by molar-refractivity contribution is 6.30. The summed E-state index contributed by atoms with van der Waals surface area (Å²) in [6.07, 6.45) is 2.82. The van der Waals surface area contributed by atoms with Gasteiger partial charge in [0.25, 0.3) is 5.91 Å². The van der Waals surface area contributed by atoms with Gasteiger partial charge in [0.1, 0.15) is 5.69 Å². The number of benzene rings is 1. The normalized spacial score (nSPS) is 16.7. The highest BCUT2D eigenvalue weighted by atomic mass is 35.5. The van der Waals surface area contributed by atoms with Crippen LogP contribution in [0.4, 0.5) is 5.88 Å². The van der Waals surface area contributed by atoms with E-state index in [1.807, 2.05) is 12.1 Å². The van der Waals surface area contributed by atoms with Crippen LogP contribution in [0.3, 0.4) is 0 Å². The second kappa shape index (κ2) is 6.77. The monoisotopic (exact) mass is 342 g/mol. The maximum absolute atomic E-state index is 12.3. The Bertz CT molecular complexity index is 824. The van der Waals surface area contributed by atoms with Crippen molar-refractivity contribution in [1.82, 2.24) is 10.1 Å². The molecule has 1 aromatic heterocycles. The largest absolute Gasteiger partial charge is 0.338 e. The van der Waals surface area contributed by atoms with Gasteiger partial charge in [0.05, 0.1) is 0 Å². The number of amides is 1. The van der Waals surface area contributed by atoms with E-state index >= 15 is 0 Å². The first kappa shape index (κ1) is 16.1. The number of halogens is 1. The van der Waals surface area contributed by atoms with Gasteiger partial charge in [-0.3, -0.25) is 10.1 Å². The summed E-state index contributed by atoms with van der Waals surface area (Å²) in [5.74, 6) is -0.111. The van der Waals surface area contributed by atoms with Crippen LogP contribution in [0.2, 0.25) is 5.02 Å². The second-order valence-corrected chi connectivity index (χ2v) is 6.03. The van der Waals surface area contributed by atoms with E-state index in [2.05, 4.69) is 23.2 Å². The van der Waals surface area contributed by atoms with Gasteiger partial charge in [-0.05, 0) is 18.6 Å². The first-order valence-electron chi connectivity index (χ1n) is 7.44. The van der Waals surface area contributed by atoms with Crippen LogP contribution >= 0.6 is 11.6 Å². The summed E-state index contributed by atoms with van der Waals surface area (Å²) in [5.41, 5.74) is 1.81. The van der Waals surface area contributed by atoms with Gasteiger partial charge in [-0.25, -0.2) is 0 Å². The summed E-state index contributed by atoms with van der Waals surface area (Å²) in [6.45, 7) is 5.02. The molecule has 6 nitrogen and oxygen atoms in total. The Balaban J connectivity index is 1.65. The molecule has 0 bridgehead atoms. The molecular weight excluding hydrogens is 328 g/mol. The summed E-state index contributed by atoms with van der Waals surface area (Å²) < 4.78 is 5.16. The van der Waals surface area contributed by atoms with Crippen LogP contribution in [0.5, 0.6) is 0 Å².